The fourth-order valence-electron chi connectivity index (χ4n) is 2.79. The third-order valence-electron chi connectivity index (χ3n) is 4.48. The Morgan fingerprint density at radius 2 is 2.29 bits per heavy atom. The molecule has 148 valence electrons. The number of carbonyl (C=O) groups excluding carboxylic acids is 2. The van der Waals surface area contributed by atoms with Gasteiger partial charge in [-0.2, -0.15) is 5.26 Å². The van der Waals surface area contributed by atoms with Gasteiger partial charge in [-0.05, 0) is 44.7 Å². The second-order valence-electron chi connectivity index (χ2n) is 6.61. The average molecular weight is 403 g/mol. The number of nitriles is 1. The van der Waals surface area contributed by atoms with E-state index in [1.807, 2.05) is 11.5 Å². The Kier molecular flexibility index (Phi) is 6.04. The number of nitrogens with zero attached hydrogens (tertiary/aromatic N) is 4. The molecule has 28 heavy (non-hydrogen) atoms. The predicted octanol–water partition coefficient (Wildman–Crippen LogP) is 2.00. The number of thioether (sulfide) groups is 1. The van der Waals surface area contributed by atoms with Gasteiger partial charge in [-0.15, -0.1) is 10.2 Å². The molecule has 2 aromatic rings. The second-order valence-corrected chi connectivity index (χ2v) is 7.56. The molecule has 1 fully saturated rings. The second kappa shape index (κ2) is 8.48. The highest BCUT2D eigenvalue weighted by molar-refractivity contribution is 7.99. The highest BCUT2D eigenvalue weighted by Gasteiger charge is 2.43. The summed E-state index contributed by atoms with van der Waals surface area (Å²) in [5.74, 6) is 0.301. The van der Waals surface area contributed by atoms with Crippen LogP contribution in [-0.2, 0) is 20.9 Å². The third-order valence-corrected chi connectivity index (χ3v) is 5.42. The van der Waals surface area contributed by atoms with E-state index >= 15 is 0 Å². The lowest BCUT2D eigenvalue weighted by Crippen LogP contribution is -2.48. The number of hydrogen-bond acceptors (Lipinski definition) is 8. The molecule has 0 unspecified atom stereocenters. The molecule has 9 nitrogen and oxygen atoms in total. The molecule has 0 radical (unpaired) electrons. The van der Waals surface area contributed by atoms with Gasteiger partial charge in [0.15, 0.2) is 23.3 Å². The van der Waals surface area contributed by atoms with E-state index in [-0.39, 0.29) is 11.7 Å². The highest BCUT2D eigenvalue weighted by Crippen LogP contribution is 2.39. The molecule has 1 aliphatic rings. The smallest absolute Gasteiger partial charge is 0.316 e. The van der Waals surface area contributed by atoms with Crippen LogP contribution in [0.5, 0.6) is 0 Å². The molecule has 3 rings (SSSR count). The Hall–Kier alpha value is -2.80. The van der Waals surface area contributed by atoms with E-state index in [0.29, 0.717) is 23.3 Å². The molecule has 0 aliphatic heterocycles. The number of amides is 1. The first-order valence-corrected chi connectivity index (χ1v) is 9.93. The van der Waals surface area contributed by atoms with Crippen molar-refractivity contribution in [3.05, 3.63) is 18.4 Å². The first-order chi connectivity index (χ1) is 13.5. The van der Waals surface area contributed by atoms with E-state index in [9.17, 15) is 14.9 Å². The molecule has 0 spiro atoms. The van der Waals surface area contributed by atoms with E-state index in [4.69, 9.17) is 9.15 Å². The molecule has 1 atom stereocenters. The lowest BCUT2D eigenvalue weighted by Gasteiger charge is -2.22. The van der Waals surface area contributed by atoms with Gasteiger partial charge in [-0.1, -0.05) is 11.8 Å². The number of nitrogens with one attached hydrogen (secondary N) is 1. The quantitative estimate of drug-likeness (QED) is 0.498. The summed E-state index contributed by atoms with van der Waals surface area (Å²) in [6.45, 7) is 3.82. The minimum Gasteiger partial charge on any atom is -0.461 e. The Bertz CT molecular complexity index is 884. The molecule has 1 saturated carbocycles. The van der Waals surface area contributed by atoms with Crippen LogP contribution in [-0.4, -0.2) is 44.5 Å². The first kappa shape index (κ1) is 19.9. The molecule has 2 heterocycles. The van der Waals surface area contributed by atoms with Crippen molar-refractivity contribution in [2.24, 2.45) is 5.92 Å². The fraction of sp³-hybridized carbons (Fsp3) is 0.500. The Morgan fingerprint density at radius 3 is 2.89 bits per heavy atom. The van der Waals surface area contributed by atoms with Crippen molar-refractivity contribution < 1.29 is 18.7 Å². The van der Waals surface area contributed by atoms with Crippen LogP contribution in [0.15, 0.2) is 28.0 Å². The molecule has 10 heteroatoms. The van der Waals surface area contributed by atoms with Crippen LogP contribution in [0.3, 0.4) is 0 Å². The van der Waals surface area contributed by atoms with Gasteiger partial charge in [0, 0.05) is 6.54 Å². The molecule has 0 bridgehead atoms. The highest BCUT2D eigenvalue weighted by atomic mass is 32.2. The normalized spacial score (nSPS) is 15.5. The van der Waals surface area contributed by atoms with Crippen LogP contribution < -0.4 is 5.32 Å². The van der Waals surface area contributed by atoms with Crippen LogP contribution in [0.25, 0.3) is 11.6 Å². The number of carbonyl (C=O) groups is 2. The summed E-state index contributed by atoms with van der Waals surface area (Å²) in [5.41, 5.74) is -0.905. The summed E-state index contributed by atoms with van der Waals surface area (Å²) in [6.07, 6.45) is 3.39. The minimum atomic E-state index is -0.905. The van der Waals surface area contributed by atoms with Crippen molar-refractivity contribution >= 4 is 23.6 Å². The molecule has 0 aromatic carbocycles. The lowest BCUT2D eigenvalue weighted by molar-refractivity contribution is -0.146. The van der Waals surface area contributed by atoms with Gasteiger partial charge in [-0.25, -0.2) is 0 Å². The summed E-state index contributed by atoms with van der Waals surface area (Å²) < 4.78 is 12.2. The zero-order valence-corrected chi connectivity index (χ0v) is 16.5. The maximum absolute atomic E-state index is 12.0. The van der Waals surface area contributed by atoms with Crippen molar-refractivity contribution in [1.82, 2.24) is 20.1 Å². The number of rotatable bonds is 9. The van der Waals surface area contributed by atoms with Gasteiger partial charge in [-0.3, -0.25) is 14.2 Å². The maximum Gasteiger partial charge on any atom is 0.316 e. The summed E-state index contributed by atoms with van der Waals surface area (Å²) in [6, 6.07) is 5.68. The molecule has 0 saturated heterocycles. The van der Waals surface area contributed by atoms with Crippen molar-refractivity contribution in [2.75, 3.05) is 12.4 Å². The van der Waals surface area contributed by atoms with E-state index in [0.717, 1.165) is 12.8 Å². The number of ether oxygens (including phenoxy) is 1. The number of hydrogen-bond donors (Lipinski definition) is 1. The molecular weight excluding hydrogens is 382 g/mol. The van der Waals surface area contributed by atoms with Crippen LogP contribution in [0.4, 0.5) is 0 Å². The Morgan fingerprint density at radius 1 is 1.50 bits per heavy atom. The van der Waals surface area contributed by atoms with E-state index in [1.165, 1.54) is 11.8 Å². The van der Waals surface area contributed by atoms with E-state index < -0.39 is 24.0 Å². The molecule has 2 aromatic heterocycles. The fourth-order valence-corrected chi connectivity index (χ4v) is 3.59. The summed E-state index contributed by atoms with van der Waals surface area (Å²) in [4.78, 5) is 24.0. The molecule has 1 amide bonds. The van der Waals surface area contributed by atoms with Gasteiger partial charge in [0.2, 0.25) is 0 Å². The molecular formula is C18H21N5O4S. The van der Waals surface area contributed by atoms with Gasteiger partial charge < -0.3 is 14.5 Å². The summed E-state index contributed by atoms with van der Waals surface area (Å²) in [5, 5.41) is 20.7. The van der Waals surface area contributed by atoms with Crippen molar-refractivity contribution in [3.8, 4) is 17.7 Å². The van der Waals surface area contributed by atoms with Gasteiger partial charge in [0.1, 0.15) is 5.54 Å². The Labute approximate surface area is 166 Å². The average Bonchev–Trinajstić information content (AvgIpc) is 3.26. The van der Waals surface area contributed by atoms with Crippen LogP contribution in [0, 0.1) is 17.2 Å². The number of aromatic nitrogens is 3. The Balaban J connectivity index is 1.48. The predicted molar refractivity (Wildman–Crippen MR) is 100.0 cm³/mol. The van der Waals surface area contributed by atoms with Crippen LogP contribution >= 0.6 is 11.8 Å². The summed E-state index contributed by atoms with van der Waals surface area (Å²) >= 11 is 1.17. The van der Waals surface area contributed by atoms with E-state index in [2.05, 4.69) is 21.6 Å². The topological polar surface area (TPSA) is 123 Å². The lowest BCUT2D eigenvalue weighted by atomic mass is 9.98. The SMILES string of the molecule is CCn1c(SCC(=O)OCC(=O)N[C@@](C)(C#N)C2CC2)nnc1-c1ccco1. The van der Waals surface area contributed by atoms with Gasteiger partial charge in [0.05, 0.1) is 18.1 Å². The van der Waals surface area contributed by atoms with Crippen molar-refractivity contribution in [3.63, 3.8) is 0 Å². The maximum atomic E-state index is 12.0. The van der Waals surface area contributed by atoms with Gasteiger partial charge >= 0.3 is 5.97 Å². The van der Waals surface area contributed by atoms with Crippen molar-refractivity contribution in [2.45, 2.75) is 43.9 Å². The largest absolute Gasteiger partial charge is 0.461 e. The van der Waals surface area contributed by atoms with Crippen LogP contribution in [0.1, 0.15) is 26.7 Å². The van der Waals surface area contributed by atoms with Gasteiger partial charge in [0.25, 0.3) is 5.91 Å². The zero-order valence-electron chi connectivity index (χ0n) is 15.7. The molecule has 1 aliphatic carbocycles. The number of furan rings is 1. The summed E-state index contributed by atoms with van der Waals surface area (Å²) in [7, 11) is 0. The first-order valence-electron chi connectivity index (χ1n) is 8.94. The van der Waals surface area contributed by atoms with E-state index in [1.54, 1.807) is 25.3 Å². The zero-order chi connectivity index (χ0) is 20.1. The number of esters is 1. The third kappa shape index (κ3) is 4.54. The van der Waals surface area contributed by atoms with Crippen molar-refractivity contribution in [1.29, 1.82) is 5.26 Å². The molecule has 1 N–H and O–H groups in total. The van der Waals surface area contributed by atoms with Crippen LogP contribution in [0.2, 0.25) is 0 Å². The minimum absolute atomic E-state index is 0.0122. The standard InChI is InChI=1S/C18H21N5O4S/c1-3-23-16(13-5-4-8-26-13)21-22-17(23)28-10-15(25)27-9-14(24)20-18(2,11-19)12-6-7-12/h4-5,8,12H,3,6-7,9-10H2,1-2H3,(H,20,24)/t18-/m0/s1. The monoisotopic (exact) mass is 403 g/mol.